The van der Waals surface area contributed by atoms with Gasteiger partial charge in [-0.1, -0.05) is 23.7 Å². The van der Waals surface area contributed by atoms with Crippen LogP contribution in [-0.2, 0) is 13.0 Å². The molecule has 1 N–H and O–H groups in total. The number of fused-ring (bicyclic) bond motifs is 1. The third-order valence-electron chi connectivity index (χ3n) is 4.68. The van der Waals surface area contributed by atoms with Crippen LogP contribution in [0.2, 0.25) is 5.02 Å². The van der Waals surface area contributed by atoms with Gasteiger partial charge >= 0.3 is 0 Å². The fourth-order valence-corrected chi connectivity index (χ4v) is 3.36. The summed E-state index contributed by atoms with van der Waals surface area (Å²) in [5.74, 6) is 0.754. The first-order valence-corrected chi connectivity index (χ1v) is 8.79. The summed E-state index contributed by atoms with van der Waals surface area (Å²) in [4.78, 5) is 14.7. The molecular weight excluding hydrogens is 350 g/mol. The monoisotopic (exact) mass is 367 g/mol. The highest BCUT2D eigenvalue weighted by molar-refractivity contribution is 6.30. The van der Waals surface area contributed by atoms with Crippen molar-refractivity contribution in [3.8, 4) is 17.0 Å². The third-order valence-corrected chi connectivity index (χ3v) is 4.93. The van der Waals surface area contributed by atoms with E-state index in [9.17, 15) is 4.79 Å². The van der Waals surface area contributed by atoms with Crippen molar-refractivity contribution in [1.82, 2.24) is 15.1 Å². The summed E-state index contributed by atoms with van der Waals surface area (Å²) >= 11 is 5.98. The Balaban J connectivity index is 1.59. The van der Waals surface area contributed by atoms with Crippen molar-refractivity contribution in [2.75, 3.05) is 13.7 Å². The summed E-state index contributed by atoms with van der Waals surface area (Å²) in [6, 6.07) is 14.8. The van der Waals surface area contributed by atoms with Gasteiger partial charge < -0.3 is 9.64 Å². The number of halogens is 1. The topological polar surface area (TPSA) is 58.2 Å². The van der Waals surface area contributed by atoms with E-state index >= 15 is 0 Å². The van der Waals surface area contributed by atoms with Crippen molar-refractivity contribution in [1.29, 1.82) is 0 Å². The number of H-pyrrole nitrogens is 1. The Kier molecular flexibility index (Phi) is 4.39. The minimum Gasteiger partial charge on any atom is -0.497 e. The van der Waals surface area contributed by atoms with Crippen molar-refractivity contribution in [3.63, 3.8) is 0 Å². The number of ether oxygens (including phenoxy) is 1. The Bertz CT molecular complexity index is 933. The Hall–Kier alpha value is -2.79. The molecule has 132 valence electrons. The lowest BCUT2D eigenvalue weighted by molar-refractivity contribution is 0.0734. The number of methoxy groups -OCH3 is 1. The number of hydrogen-bond donors (Lipinski definition) is 1. The zero-order chi connectivity index (χ0) is 18.1. The van der Waals surface area contributed by atoms with E-state index in [1.54, 1.807) is 31.4 Å². The molecule has 4 rings (SSSR count). The molecule has 0 aliphatic carbocycles. The molecule has 0 saturated heterocycles. The number of benzene rings is 2. The van der Waals surface area contributed by atoms with Crippen LogP contribution in [0.1, 0.15) is 21.6 Å². The van der Waals surface area contributed by atoms with Crippen molar-refractivity contribution < 1.29 is 9.53 Å². The molecule has 1 aliphatic rings. The van der Waals surface area contributed by atoms with Gasteiger partial charge in [0, 0.05) is 46.9 Å². The average molecular weight is 368 g/mol. The van der Waals surface area contributed by atoms with Gasteiger partial charge in [0.05, 0.1) is 12.8 Å². The summed E-state index contributed by atoms with van der Waals surface area (Å²) in [5, 5.41) is 8.27. The smallest absolute Gasteiger partial charge is 0.254 e. The number of nitrogens with one attached hydrogen (secondary N) is 1. The van der Waals surface area contributed by atoms with E-state index in [2.05, 4.69) is 10.2 Å². The van der Waals surface area contributed by atoms with Crippen LogP contribution in [0.15, 0.2) is 48.5 Å². The van der Waals surface area contributed by atoms with Gasteiger partial charge in [0.2, 0.25) is 0 Å². The average Bonchev–Trinajstić information content (AvgIpc) is 3.11. The zero-order valence-corrected chi connectivity index (χ0v) is 15.1. The molecule has 0 fully saturated rings. The summed E-state index contributed by atoms with van der Waals surface area (Å²) in [6.45, 7) is 1.20. The van der Waals surface area contributed by atoms with Gasteiger partial charge in [-0.15, -0.1) is 0 Å². The molecule has 0 saturated carbocycles. The second-order valence-electron chi connectivity index (χ2n) is 6.24. The highest BCUT2D eigenvalue weighted by Gasteiger charge is 2.26. The molecule has 1 amide bonds. The Morgan fingerprint density at radius 2 is 1.88 bits per heavy atom. The first kappa shape index (κ1) is 16.7. The van der Waals surface area contributed by atoms with Crippen LogP contribution in [0.4, 0.5) is 0 Å². The van der Waals surface area contributed by atoms with E-state index in [0.717, 1.165) is 34.7 Å². The molecule has 5 nitrogen and oxygen atoms in total. The van der Waals surface area contributed by atoms with E-state index < -0.39 is 0 Å². The highest BCUT2D eigenvalue weighted by Crippen LogP contribution is 2.29. The third kappa shape index (κ3) is 3.06. The first-order chi connectivity index (χ1) is 12.7. The summed E-state index contributed by atoms with van der Waals surface area (Å²) < 4.78 is 5.16. The van der Waals surface area contributed by atoms with E-state index in [0.29, 0.717) is 23.7 Å². The summed E-state index contributed by atoms with van der Waals surface area (Å²) in [7, 11) is 1.61. The lowest BCUT2D eigenvalue weighted by Gasteiger charge is -2.27. The Morgan fingerprint density at radius 1 is 1.15 bits per heavy atom. The summed E-state index contributed by atoms with van der Waals surface area (Å²) in [5.41, 5.74) is 4.69. The van der Waals surface area contributed by atoms with Crippen LogP contribution in [0.3, 0.4) is 0 Å². The number of amides is 1. The molecule has 0 spiro atoms. The molecule has 1 aliphatic heterocycles. The number of aromatic amines is 1. The first-order valence-electron chi connectivity index (χ1n) is 8.41. The second kappa shape index (κ2) is 6.84. The summed E-state index contributed by atoms with van der Waals surface area (Å²) in [6.07, 6.45) is 0.762. The standard InChI is InChI=1S/C20H18ClN3O2/c1-26-16-8-4-14(5-9-16)20(25)24-11-10-18-17(12-24)19(23-22-18)13-2-6-15(21)7-3-13/h2-9H,10-12H2,1H3,(H,22,23). The lowest BCUT2D eigenvalue weighted by atomic mass is 10.0. The van der Waals surface area contributed by atoms with Gasteiger partial charge in [-0.2, -0.15) is 5.10 Å². The number of aromatic nitrogens is 2. The largest absolute Gasteiger partial charge is 0.497 e. The molecule has 26 heavy (non-hydrogen) atoms. The molecule has 0 atom stereocenters. The molecule has 0 unspecified atom stereocenters. The predicted octanol–water partition coefficient (Wildman–Crippen LogP) is 3.94. The maximum atomic E-state index is 12.9. The Labute approximate surface area is 156 Å². The SMILES string of the molecule is COc1ccc(C(=O)N2CCc3[nH]nc(-c4ccc(Cl)cc4)c3C2)cc1. The molecular formula is C20H18ClN3O2. The minimum atomic E-state index is 0.0153. The zero-order valence-electron chi connectivity index (χ0n) is 14.3. The van der Waals surface area contributed by atoms with Crippen molar-refractivity contribution in [3.05, 3.63) is 70.4 Å². The highest BCUT2D eigenvalue weighted by atomic mass is 35.5. The van der Waals surface area contributed by atoms with Crippen molar-refractivity contribution >= 4 is 17.5 Å². The van der Waals surface area contributed by atoms with Crippen LogP contribution < -0.4 is 4.74 Å². The van der Waals surface area contributed by atoms with Gasteiger partial charge in [-0.05, 0) is 36.4 Å². The quantitative estimate of drug-likeness (QED) is 0.762. The number of hydrogen-bond acceptors (Lipinski definition) is 3. The number of carbonyl (C=O) groups is 1. The van der Waals surface area contributed by atoms with E-state index in [-0.39, 0.29) is 5.91 Å². The van der Waals surface area contributed by atoms with Gasteiger partial charge in [0.25, 0.3) is 5.91 Å². The fraction of sp³-hybridized carbons (Fsp3) is 0.200. The van der Waals surface area contributed by atoms with E-state index in [1.807, 2.05) is 29.2 Å². The van der Waals surface area contributed by atoms with Crippen LogP contribution in [-0.4, -0.2) is 34.7 Å². The van der Waals surface area contributed by atoms with Crippen LogP contribution in [0, 0.1) is 0 Å². The van der Waals surface area contributed by atoms with Crippen LogP contribution in [0.25, 0.3) is 11.3 Å². The van der Waals surface area contributed by atoms with E-state index in [1.165, 1.54) is 0 Å². The lowest BCUT2D eigenvalue weighted by Crippen LogP contribution is -2.35. The maximum absolute atomic E-state index is 12.9. The molecule has 6 heteroatoms. The van der Waals surface area contributed by atoms with Crippen LogP contribution >= 0.6 is 11.6 Å². The predicted molar refractivity (Wildman–Crippen MR) is 100 cm³/mol. The normalized spacial score (nSPS) is 13.4. The van der Waals surface area contributed by atoms with Gasteiger partial charge in [-0.25, -0.2) is 0 Å². The number of nitrogens with zero attached hydrogens (tertiary/aromatic N) is 2. The number of carbonyl (C=O) groups excluding carboxylic acids is 1. The molecule has 0 radical (unpaired) electrons. The molecule has 2 aromatic carbocycles. The van der Waals surface area contributed by atoms with E-state index in [4.69, 9.17) is 16.3 Å². The molecule has 2 heterocycles. The van der Waals surface area contributed by atoms with Crippen LogP contribution in [0.5, 0.6) is 5.75 Å². The van der Waals surface area contributed by atoms with Gasteiger partial charge in [0.1, 0.15) is 5.75 Å². The second-order valence-corrected chi connectivity index (χ2v) is 6.68. The molecule has 0 bridgehead atoms. The number of rotatable bonds is 3. The Morgan fingerprint density at radius 3 is 2.58 bits per heavy atom. The fourth-order valence-electron chi connectivity index (χ4n) is 3.23. The van der Waals surface area contributed by atoms with Gasteiger partial charge in [-0.3, -0.25) is 9.89 Å². The van der Waals surface area contributed by atoms with Crippen molar-refractivity contribution in [2.24, 2.45) is 0 Å². The van der Waals surface area contributed by atoms with Crippen molar-refractivity contribution in [2.45, 2.75) is 13.0 Å². The molecule has 3 aromatic rings. The minimum absolute atomic E-state index is 0.0153. The maximum Gasteiger partial charge on any atom is 0.254 e. The van der Waals surface area contributed by atoms with Gasteiger partial charge in [0.15, 0.2) is 0 Å². The molecule has 1 aromatic heterocycles.